The monoisotopic (exact) mass is 356 g/mol. The number of nitrogens with one attached hydrogen (secondary N) is 2. The molecule has 2 N–H and O–H groups in total. The molecule has 0 saturated carbocycles. The predicted molar refractivity (Wildman–Crippen MR) is 106 cm³/mol. The van der Waals surface area contributed by atoms with Crippen molar-refractivity contribution in [1.29, 1.82) is 0 Å². The van der Waals surface area contributed by atoms with Gasteiger partial charge in [-0.1, -0.05) is 0 Å². The second kappa shape index (κ2) is 9.72. The number of amides is 1. The zero-order valence-corrected chi connectivity index (χ0v) is 16.0. The van der Waals surface area contributed by atoms with Gasteiger partial charge in [0.15, 0.2) is 0 Å². The van der Waals surface area contributed by atoms with E-state index in [0.29, 0.717) is 18.1 Å². The Labute approximate surface area is 155 Å². The quantitative estimate of drug-likeness (QED) is 0.719. The predicted octanol–water partition coefficient (Wildman–Crippen LogP) is 2.36. The van der Waals surface area contributed by atoms with Gasteiger partial charge < -0.3 is 20.4 Å². The van der Waals surface area contributed by atoms with Gasteiger partial charge in [-0.3, -0.25) is 4.79 Å². The van der Waals surface area contributed by atoms with Crippen LogP contribution in [-0.4, -0.2) is 61.0 Å². The summed E-state index contributed by atoms with van der Waals surface area (Å²) in [4.78, 5) is 24.7. The zero-order valence-electron chi connectivity index (χ0n) is 16.0. The van der Waals surface area contributed by atoms with Crippen LogP contribution in [0.3, 0.4) is 0 Å². The van der Waals surface area contributed by atoms with Gasteiger partial charge in [0.25, 0.3) is 5.91 Å². The van der Waals surface area contributed by atoms with Gasteiger partial charge in [0.1, 0.15) is 17.8 Å². The summed E-state index contributed by atoms with van der Waals surface area (Å²) in [5.41, 5.74) is 2.45. The molecule has 1 aromatic carbocycles. The number of benzene rings is 1. The Hall–Kier alpha value is -2.67. The Morgan fingerprint density at radius 1 is 1.08 bits per heavy atom. The zero-order chi connectivity index (χ0) is 18.9. The lowest BCUT2D eigenvalue weighted by Gasteiger charge is -2.21. The fourth-order valence-corrected chi connectivity index (χ4v) is 2.53. The molecule has 0 unspecified atom stereocenters. The van der Waals surface area contributed by atoms with Crippen molar-refractivity contribution >= 4 is 23.1 Å². The number of anilines is 3. The molecule has 1 amide bonds. The highest BCUT2D eigenvalue weighted by molar-refractivity contribution is 5.92. The highest BCUT2D eigenvalue weighted by Crippen LogP contribution is 2.20. The first-order chi connectivity index (χ1) is 12.5. The number of hydrogen-bond donors (Lipinski definition) is 2. The second-order valence-electron chi connectivity index (χ2n) is 6.19. The number of aromatic nitrogens is 2. The second-order valence-corrected chi connectivity index (χ2v) is 6.19. The summed E-state index contributed by atoms with van der Waals surface area (Å²) >= 11 is 0. The lowest BCUT2D eigenvalue weighted by molar-refractivity contribution is 0.0946. The van der Waals surface area contributed by atoms with E-state index >= 15 is 0 Å². The maximum atomic E-state index is 12.2. The molecule has 7 nitrogen and oxygen atoms in total. The lowest BCUT2D eigenvalue weighted by Crippen LogP contribution is -2.31. The number of carbonyl (C=O) groups excluding carboxylic acids is 1. The molecule has 0 saturated heterocycles. The summed E-state index contributed by atoms with van der Waals surface area (Å²) in [7, 11) is 3.93. The molecule has 0 spiro atoms. The molecule has 1 heterocycles. The largest absolute Gasteiger partial charge is 0.372 e. The van der Waals surface area contributed by atoms with E-state index < -0.39 is 0 Å². The minimum Gasteiger partial charge on any atom is -0.372 e. The van der Waals surface area contributed by atoms with E-state index in [1.54, 1.807) is 6.07 Å². The fourth-order valence-electron chi connectivity index (χ4n) is 2.53. The van der Waals surface area contributed by atoms with Gasteiger partial charge in [0.05, 0.1) is 0 Å². The van der Waals surface area contributed by atoms with Gasteiger partial charge in [-0.05, 0) is 52.2 Å². The molecule has 26 heavy (non-hydrogen) atoms. The van der Waals surface area contributed by atoms with Crippen molar-refractivity contribution in [2.75, 3.05) is 50.5 Å². The Bertz CT molecular complexity index is 697. The maximum absolute atomic E-state index is 12.2. The molecule has 0 aliphatic heterocycles. The Balaban J connectivity index is 2.00. The molecule has 0 radical (unpaired) electrons. The average molecular weight is 356 g/mol. The molecule has 0 bridgehead atoms. The van der Waals surface area contributed by atoms with Crippen molar-refractivity contribution in [3.05, 3.63) is 42.4 Å². The molecule has 1 aromatic heterocycles. The molecular weight excluding hydrogens is 328 g/mol. The van der Waals surface area contributed by atoms with E-state index in [1.165, 1.54) is 12.0 Å². The van der Waals surface area contributed by atoms with Gasteiger partial charge in [0, 0.05) is 43.6 Å². The third-order valence-electron chi connectivity index (χ3n) is 4.01. The van der Waals surface area contributed by atoms with Crippen molar-refractivity contribution in [3.63, 3.8) is 0 Å². The van der Waals surface area contributed by atoms with Crippen molar-refractivity contribution in [1.82, 2.24) is 20.2 Å². The van der Waals surface area contributed by atoms with Crippen LogP contribution in [0.2, 0.25) is 0 Å². The van der Waals surface area contributed by atoms with Crippen molar-refractivity contribution in [2.24, 2.45) is 0 Å². The van der Waals surface area contributed by atoms with Crippen molar-refractivity contribution < 1.29 is 4.79 Å². The van der Waals surface area contributed by atoms with Gasteiger partial charge in [-0.25, -0.2) is 9.97 Å². The first-order valence-electron chi connectivity index (χ1n) is 8.90. The highest BCUT2D eigenvalue weighted by atomic mass is 16.1. The number of rotatable bonds is 9. The smallest absolute Gasteiger partial charge is 0.270 e. The number of hydrogen-bond acceptors (Lipinski definition) is 6. The Kier molecular flexibility index (Phi) is 7.35. The van der Waals surface area contributed by atoms with Crippen LogP contribution in [0, 0.1) is 0 Å². The molecule has 0 fully saturated rings. The number of nitrogens with zero attached hydrogens (tertiary/aromatic N) is 4. The first kappa shape index (κ1) is 19.7. The molecule has 0 aliphatic carbocycles. The van der Waals surface area contributed by atoms with E-state index in [9.17, 15) is 4.79 Å². The summed E-state index contributed by atoms with van der Waals surface area (Å²) in [6.45, 7) is 7.58. The van der Waals surface area contributed by atoms with E-state index in [0.717, 1.165) is 25.3 Å². The highest BCUT2D eigenvalue weighted by Gasteiger charge is 2.09. The summed E-state index contributed by atoms with van der Waals surface area (Å²) in [5, 5.41) is 6.07. The summed E-state index contributed by atoms with van der Waals surface area (Å²) in [6.07, 6.45) is 1.40. The normalized spacial score (nSPS) is 10.7. The van der Waals surface area contributed by atoms with E-state index in [4.69, 9.17) is 0 Å². The Morgan fingerprint density at radius 2 is 1.77 bits per heavy atom. The van der Waals surface area contributed by atoms with Gasteiger partial charge in [-0.15, -0.1) is 0 Å². The summed E-state index contributed by atoms with van der Waals surface area (Å²) < 4.78 is 0. The minimum atomic E-state index is -0.200. The third kappa shape index (κ3) is 5.70. The van der Waals surface area contributed by atoms with E-state index in [2.05, 4.69) is 51.5 Å². The van der Waals surface area contributed by atoms with E-state index in [1.807, 2.05) is 31.1 Å². The minimum absolute atomic E-state index is 0.200. The van der Waals surface area contributed by atoms with Crippen LogP contribution in [0.1, 0.15) is 24.3 Å². The van der Waals surface area contributed by atoms with Gasteiger partial charge in [0.2, 0.25) is 0 Å². The molecule has 2 rings (SSSR count). The number of carbonyl (C=O) groups is 1. The summed E-state index contributed by atoms with van der Waals surface area (Å²) in [6, 6.07) is 9.82. The van der Waals surface area contributed by atoms with Crippen LogP contribution >= 0.6 is 0 Å². The SMILES string of the molecule is CCN(CC)c1ccc(Nc2cc(C(=O)NCCN(C)C)ncn2)cc1. The van der Waals surface area contributed by atoms with Crippen LogP contribution in [0.25, 0.3) is 0 Å². The third-order valence-corrected chi connectivity index (χ3v) is 4.01. The van der Waals surface area contributed by atoms with Crippen LogP contribution in [0.4, 0.5) is 17.2 Å². The first-order valence-corrected chi connectivity index (χ1v) is 8.90. The molecule has 0 atom stereocenters. The Morgan fingerprint density at radius 3 is 2.38 bits per heavy atom. The molecule has 140 valence electrons. The molecule has 7 heteroatoms. The summed E-state index contributed by atoms with van der Waals surface area (Å²) in [5.74, 6) is 0.391. The van der Waals surface area contributed by atoms with Crippen LogP contribution in [0.15, 0.2) is 36.7 Å². The van der Waals surface area contributed by atoms with Gasteiger partial charge in [-0.2, -0.15) is 0 Å². The number of likely N-dealkylation sites (N-methyl/N-ethyl adjacent to an activating group) is 1. The maximum Gasteiger partial charge on any atom is 0.270 e. The van der Waals surface area contributed by atoms with Crippen LogP contribution in [0.5, 0.6) is 0 Å². The lowest BCUT2D eigenvalue weighted by atomic mass is 10.2. The standard InChI is InChI=1S/C19H28N6O/c1-5-25(6-2)16-9-7-15(8-10-16)23-18-13-17(21-14-22-18)19(26)20-11-12-24(3)4/h7-10,13-14H,5-6,11-12H2,1-4H3,(H,20,26)(H,21,22,23). The van der Waals surface area contributed by atoms with Crippen LogP contribution < -0.4 is 15.5 Å². The molecular formula is C19H28N6O. The van der Waals surface area contributed by atoms with E-state index in [-0.39, 0.29) is 5.91 Å². The fraction of sp³-hybridized carbons (Fsp3) is 0.421. The molecule has 2 aromatic rings. The van der Waals surface area contributed by atoms with Crippen LogP contribution in [-0.2, 0) is 0 Å². The molecule has 0 aliphatic rings. The van der Waals surface area contributed by atoms with Crippen molar-refractivity contribution in [2.45, 2.75) is 13.8 Å². The average Bonchev–Trinajstić information content (AvgIpc) is 2.64. The topological polar surface area (TPSA) is 73.4 Å². The van der Waals surface area contributed by atoms with Crippen molar-refractivity contribution in [3.8, 4) is 0 Å². The van der Waals surface area contributed by atoms with Gasteiger partial charge >= 0.3 is 0 Å².